The Bertz CT molecular complexity index is 479. The van der Waals surface area contributed by atoms with Gasteiger partial charge < -0.3 is 5.73 Å². The molecule has 0 saturated heterocycles. The molecule has 0 aliphatic rings. The van der Waals surface area contributed by atoms with Gasteiger partial charge >= 0.3 is 0 Å². The van der Waals surface area contributed by atoms with Crippen LogP contribution in [0.3, 0.4) is 0 Å². The van der Waals surface area contributed by atoms with E-state index >= 15 is 0 Å². The second-order valence-corrected chi connectivity index (χ2v) is 4.67. The van der Waals surface area contributed by atoms with Crippen molar-refractivity contribution in [1.82, 2.24) is 0 Å². The van der Waals surface area contributed by atoms with Crippen molar-refractivity contribution in [3.05, 3.63) is 42.0 Å². The van der Waals surface area contributed by atoms with Crippen molar-refractivity contribution in [1.29, 1.82) is 0 Å². The van der Waals surface area contributed by atoms with E-state index in [4.69, 9.17) is 10.3 Å². The summed E-state index contributed by atoms with van der Waals surface area (Å²) in [6.45, 7) is 5.30. The molecule has 0 aliphatic carbocycles. The summed E-state index contributed by atoms with van der Waals surface area (Å²) < 4.78 is 31.1. The fourth-order valence-corrected chi connectivity index (χ4v) is 2.02. The Balaban J connectivity index is 3.46. The minimum absolute atomic E-state index is 0.166. The molecular weight excluding hydrogens is 214 g/mol. The zero-order chi connectivity index (χ0) is 11.6. The molecule has 3 N–H and O–H groups in total. The molecule has 0 aliphatic heterocycles. The first kappa shape index (κ1) is 11.9. The lowest BCUT2D eigenvalue weighted by Gasteiger charge is -2.11. The van der Waals surface area contributed by atoms with E-state index in [1.165, 1.54) is 12.1 Å². The van der Waals surface area contributed by atoms with E-state index in [0.29, 0.717) is 5.56 Å². The van der Waals surface area contributed by atoms with Gasteiger partial charge in [0.25, 0.3) is 10.1 Å². The predicted octanol–water partition coefficient (Wildman–Crippen LogP) is 1.43. The molecule has 1 aromatic rings. The van der Waals surface area contributed by atoms with Gasteiger partial charge in [-0.2, -0.15) is 8.42 Å². The van der Waals surface area contributed by atoms with Gasteiger partial charge in [-0.05, 0) is 18.6 Å². The van der Waals surface area contributed by atoms with Crippen molar-refractivity contribution in [2.24, 2.45) is 5.73 Å². The third kappa shape index (κ3) is 2.65. The molecule has 15 heavy (non-hydrogen) atoms. The lowest BCUT2D eigenvalue weighted by Crippen LogP contribution is -2.12. The van der Waals surface area contributed by atoms with E-state index < -0.39 is 16.2 Å². The van der Waals surface area contributed by atoms with E-state index in [1.54, 1.807) is 12.1 Å². The van der Waals surface area contributed by atoms with Crippen molar-refractivity contribution in [2.45, 2.75) is 17.9 Å². The Labute approximate surface area is 89.2 Å². The highest BCUT2D eigenvalue weighted by molar-refractivity contribution is 7.85. The lowest BCUT2D eigenvalue weighted by molar-refractivity contribution is 0.481. The van der Waals surface area contributed by atoms with Crippen LogP contribution in [0.2, 0.25) is 0 Å². The van der Waals surface area contributed by atoms with Crippen LogP contribution in [0.4, 0.5) is 0 Å². The van der Waals surface area contributed by atoms with Gasteiger partial charge in [0.1, 0.15) is 0 Å². The van der Waals surface area contributed by atoms with Crippen LogP contribution in [0.1, 0.15) is 17.2 Å². The molecule has 1 rings (SSSR count). The largest absolute Gasteiger partial charge is 0.321 e. The maximum absolute atomic E-state index is 11.1. The number of nitrogens with two attached hydrogens (primary N) is 1. The molecule has 4 nitrogen and oxygen atoms in total. The maximum Gasteiger partial charge on any atom is 0.294 e. The first-order valence-electron chi connectivity index (χ1n) is 4.32. The zero-order valence-electron chi connectivity index (χ0n) is 8.34. The zero-order valence-corrected chi connectivity index (χ0v) is 9.16. The monoisotopic (exact) mass is 227 g/mol. The molecule has 1 atom stereocenters. The summed E-state index contributed by atoms with van der Waals surface area (Å²) in [7, 11) is -4.23. The fraction of sp³-hybridized carbons (Fsp3) is 0.200. The predicted molar refractivity (Wildman–Crippen MR) is 58.1 cm³/mol. The van der Waals surface area contributed by atoms with Crippen molar-refractivity contribution in [2.75, 3.05) is 0 Å². The lowest BCUT2D eigenvalue weighted by atomic mass is 10.1. The molecule has 0 heterocycles. The highest BCUT2D eigenvalue weighted by Gasteiger charge is 2.18. The van der Waals surface area contributed by atoms with Crippen molar-refractivity contribution in [3.8, 4) is 0 Å². The Morgan fingerprint density at radius 1 is 1.53 bits per heavy atom. The molecule has 82 valence electrons. The maximum atomic E-state index is 11.1. The van der Waals surface area contributed by atoms with E-state index in [9.17, 15) is 8.42 Å². The van der Waals surface area contributed by atoms with Crippen molar-refractivity contribution < 1.29 is 13.0 Å². The normalized spacial score (nSPS) is 13.5. The third-order valence-corrected chi connectivity index (χ3v) is 2.98. The molecule has 0 saturated carbocycles. The number of aryl methyl sites for hydroxylation is 1. The molecule has 1 unspecified atom stereocenters. The average molecular weight is 227 g/mol. The van der Waals surface area contributed by atoms with Crippen LogP contribution in [0.5, 0.6) is 0 Å². The first-order chi connectivity index (χ1) is 6.86. The Morgan fingerprint density at radius 3 is 2.60 bits per heavy atom. The Hall–Kier alpha value is -1.17. The molecule has 5 heteroatoms. The summed E-state index contributed by atoms with van der Waals surface area (Å²) in [6.07, 6.45) is 1.42. The Kier molecular flexibility index (Phi) is 3.28. The van der Waals surface area contributed by atoms with Crippen LogP contribution < -0.4 is 5.73 Å². The van der Waals surface area contributed by atoms with Gasteiger partial charge in [0, 0.05) is 6.04 Å². The summed E-state index contributed by atoms with van der Waals surface area (Å²) >= 11 is 0. The first-order valence-corrected chi connectivity index (χ1v) is 5.76. The summed E-state index contributed by atoms with van der Waals surface area (Å²) in [5.41, 5.74) is 6.89. The summed E-state index contributed by atoms with van der Waals surface area (Å²) in [4.78, 5) is -0.166. The SMILES string of the molecule is C=CC(N)c1cc(C)ccc1S(=O)(=O)O. The highest BCUT2D eigenvalue weighted by atomic mass is 32.2. The van der Waals surface area contributed by atoms with Crippen molar-refractivity contribution >= 4 is 10.1 Å². The van der Waals surface area contributed by atoms with Crippen LogP contribution >= 0.6 is 0 Å². The van der Waals surface area contributed by atoms with E-state index in [0.717, 1.165) is 5.56 Å². The second kappa shape index (κ2) is 4.14. The number of benzene rings is 1. The summed E-state index contributed by atoms with van der Waals surface area (Å²) in [5, 5.41) is 0. The van der Waals surface area contributed by atoms with Gasteiger partial charge in [-0.3, -0.25) is 4.55 Å². The third-order valence-electron chi connectivity index (χ3n) is 2.06. The van der Waals surface area contributed by atoms with Gasteiger partial charge in [-0.1, -0.05) is 23.8 Å². The molecule has 1 aromatic carbocycles. The molecule has 0 radical (unpaired) electrons. The van der Waals surface area contributed by atoms with Gasteiger partial charge in [-0.15, -0.1) is 6.58 Å². The number of rotatable bonds is 3. The molecule has 0 bridgehead atoms. The molecular formula is C10H13NO3S. The number of hydrogen-bond acceptors (Lipinski definition) is 3. The molecule has 0 fully saturated rings. The second-order valence-electron chi connectivity index (χ2n) is 3.28. The highest BCUT2D eigenvalue weighted by Crippen LogP contribution is 2.22. The fourth-order valence-electron chi connectivity index (χ4n) is 1.29. The smallest absolute Gasteiger partial charge is 0.294 e. The molecule has 0 amide bonds. The summed E-state index contributed by atoms with van der Waals surface area (Å²) in [5.74, 6) is 0. The van der Waals surface area contributed by atoms with Crippen LogP contribution in [0.25, 0.3) is 0 Å². The summed E-state index contributed by atoms with van der Waals surface area (Å²) in [6, 6.07) is 3.95. The van der Waals surface area contributed by atoms with Crippen LogP contribution in [0.15, 0.2) is 35.7 Å². The topological polar surface area (TPSA) is 80.4 Å². The van der Waals surface area contributed by atoms with Gasteiger partial charge in [0.05, 0.1) is 4.90 Å². The standard InChI is InChI=1S/C10H13NO3S/c1-3-9(11)8-6-7(2)4-5-10(8)15(12,13)14/h3-6,9H,1,11H2,2H3,(H,12,13,14). The minimum atomic E-state index is -4.23. The van der Waals surface area contributed by atoms with E-state index in [-0.39, 0.29) is 4.90 Å². The molecule has 0 aromatic heterocycles. The van der Waals surface area contributed by atoms with Crippen LogP contribution in [0, 0.1) is 6.92 Å². The van der Waals surface area contributed by atoms with Gasteiger partial charge in [0.2, 0.25) is 0 Å². The van der Waals surface area contributed by atoms with Crippen LogP contribution in [-0.2, 0) is 10.1 Å². The van der Waals surface area contributed by atoms with Gasteiger partial charge in [-0.25, -0.2) is 0 Å². The van der Waals surface area contributed by atoms with Crippen molar-refractivity contribution in [3.63, 3.8) is 0 Å². The van der Waals surface area contributed by atoms with E-state index in [2.05, 4.69) is 6.58 Å². The quantitative estimate of drug-likeness (QED) is 0.604. The van der Waals surface area contributed by atoms with Crippen LogP contribution in [-0.4, -0.2) is 13.0 Å². The number of hydrogen-bond donors (Lipinski definition) is 2. The average Bonchev–Trinajstić information content (AvgIpc) is 2.14. The minimum Gasteiger partial charge on any atom is -0.321 e. The molecule has 0 spiro atoms. The van der Waals surface area contributed by atoms with Gasteiger partial charge in [0.15, 0.2) is 0 Å². The Morgan fingerprint density at radius 2 is 2.13 bits per heavy atom. The van der Waals surface area contributed by atoms with E-state index in [1.807, 2.05) is 6.92 Å².